The summed E-state index contributed by atoms with van der Waals surface area (Å²) in [6.45, 7) is 3.94. The number of hydrogen-bond acceptors (Lipinski definition) is 6. The number of hydrogen-bond donors (Lipinski definition) is 1. The molecule has 3 aromatic rings. The van der Waals surface area contributed by atoms with Crippen molar-refractivity contribution in [3.8, 4) is 11.6 Å². The number of carbonyl (C=O) groups excluding carboxylic acids is 1. The number of aromatic nitrogens is 4. The molecule has 1 aromatic carbocycles. The zero-order chi connectivity index (χ0) is 21.0. The topological polar surface area (TPSA) is 85.2 Å². The van der Waals surface area contributed by atoms with Gasteiger partial charge in [-0.2, -0.15) is 5.10 Å². The van der Waals surface area contributed by atoms with Gasteiger partial charge < -0.3 is 15.0 Å². The van der Waals surface area contributed by atoms with E-state index < -0.39 is 0 Å². The zero-order valence-corrected chi connectivity index (χ0v) is 17.4. The van der Waals surface area contributed by atoms with Crippen LogP contribution in [0.3, 0.4) is 0 Å². The Kier molecular flexibility index (Phi) is 6.11. The van der Waals surface area contributed by atoms with Crippen molar-refractivity contribution < 1.29 is 9.53 Å². The third-order valence-corrected chi connectivity index (χ3v) is 4.71. The lowest BCUT2D eigenvalue weighted by Crippen LogP contribution is -2.13. The molecule has 0 spiro atoms. The number of ether oxygens (including phenoxy) is 1. The number of amides is 1. The largest absolute Gasteiger partial charge is 0.497 e. The molecule has 0 aliphatic carbocycles. The number of nitrogens with zero attached hydrogens (tertiary/aromatic N) is 5. The highest BCUT2D eigenvalue weighted by Crippen LogP contribution is 2.21. The van der Waals surface area contributed by atoms with Crippen molar-refractivity contribution in [3.05, 3.63) is 53.6 Å². The molecule has 3 rings (SSSR count). The summed E-state index contributed by atoms with van der Waals surface area (Å²) in [5, 5.41) is 7.54. The van der Waals surface area contributed by atoms with Crippen LogP contribution in [0.5, 0.6) is 5.75 Å². The molecule has 2 aromatic heterocycles. The van der Waals surface area contributed by atoms with E-state index in [1.807, 2.05) is 57.1 Å². The predicted octanol–water partition coefficient (Wildman–Crippen LogP) is 2.93. The third kappa shape index (κ3) is 4.71. The molecule has 0 bridgehead atoms. The average molecular weight is 394 g/mol. The van der Waals surface area contributed by atoms with Crippen LogP contribution in [0.25, 0.3) is 5.82 Å². The molecule has 2 heterocycles. The van der Waals surface area contributed by atoms with E-state index in [2.05, 4.69) is 20.4 Å². The molecule has 152 valence electrons. The number of aryl methyl sites for hydroxylation is 1. The number of nitrogens with one attached hydrogen (secondary N) is 1. The number of rotatable bonds is 7. The Balaban J connectivity index is 1.72. The van der Waals surface area contributed by atoms with Gasteiger partial charge in [-0.3, -0.25) is 4.79 Å². The van der Waals surface area contributed by atoms with Gasteiger partial charge in [0.25, 0.3) is 0 Å². The van der Waals surface area contributed by atoms with E-state index in [0.717, 1.165) is 28.5 Å². The zero-order valence-electron chi connectivity index (χ0n) is 17.4. The smallest absolute Gasteiger partial charge is 0.224 e. The van der Waals surface area contributed by atoms with Gasteiger partial charge in [0.05, 0.1) is 12.8 Å². The molecule has 0 atom stereocenters. The van der Waals surface area contributed by atoms with Gasteiger partial charge in [0.2, 0.25) is 5.91 Å². The van der Waals surface area contributed by atoms with Crippen molar-refractivity contribution in [1.82, 2.24) is 19.7 Å². The Morgan fingerprint density at radius 1 is 1.21 bits per heavy atom. The van der Waals surface area contributed by atoms with Gasteiger partial charge >= 0.3 is 0 Å². The molecular weight excluding hydrogens is 368 g/mol. The molecule has 0 saturated heterocycles. The summed E-state index contributed by atoms with van der Waals surface area (Å²) in [6.07, 6.45) is 2.48. The van der Waals surface area contributed by atoms with Crippen molar-refractivity contribution in [1.29, 1.82) is 0 Å². The summed E-state index contributed by atoms with van der Waals surface area (Å²) < 4.78 is 6.99. The average Bonchev–Trinajstić information content (AvgIpc) is 3.00. The predicted molar refractivity (Wildman–Crippen MR) is 113 cm³/mol. The molecule has 0 aliphatic heterocycles. The first-order valence-corrected chi connectivity index (χ1v) is 9.37. The summed E-state index contributed by atoms with van der Waals surface area (Å²) in [4.78, 5) is 22.9. The maximum Gasteiger partial charge on any atom is 0.224 e. The minimum atomic E-state index is -0.0540. The Hall–Kier alpha value is -3.42. The van der Waals surface area contributed by atoms with E-state index in [4.69, 9.17) is 4.74 Å². The number of methoxy groups -OCH3 is 1. The molecule has 0 saturated carbocycles. The molecule has 8 heteroatoms. The fraction of sp³-hybridized carbons (Fsp3) is 0.333. The van der Waals surface area contributed by atoms with Crippen LogP contribution in [0.4, 0.5) is 11.5 Å². The van der Waals surface area contributed by atoms with Crippen molar-refractivity contribution in [2.45, 2.75) is 26.7 Å². The van der Waals surface area contributed by atoms with Crippen molar-refractivity contribution in [2.24, 2.45) is 0 Å². The molecule has 0 unspecified atom stereocenters. The lowest BCUT2D eigenvalue weighted by Gasteiger charge is -2.12. The summed E-state index contributed by atoms with van der Waals surface area (Å²) in [5.74, 6) is 2.16. The summed E-state index contributed by atoms with van der Waals surface area (Å²) in [6, 6.07) is 9.21. The first kappa shape index (κ1) is 20.3. The van der Waals surface area contributed by atoms with Gasteiger partial charge in [-0.1, -0.05) is 6.07 Å². The Bertz CT molecular complexity index is 1010. The second kappa shape index (κ2) is 8.72. The Morgan fingerprint density at radius 3 is 2.72 bits per heavy atom. The maximum atomic E-state index is 12.4. The van der Waals surface area contributed by atoms with E-state index in [0.29, 0.717) is 24.4 Å². The normalized spacial score (nSPS) is 10.7. The minimum absolute atomic E-state index is 0.0540. The Labute approximate surface area is 170 Å². The molecule has 1 N–H and O–H groups in total. The van der Waals surface area contributed by atoms with Crippen molar-refractivity contribution in [2.75, 3.05) is 31.4 Å². The molecule has 0 fully saturated rings. The van der Waals surface area contributed by atoms with Crippen molar-refractivity contribution in [3.63, 3.8) is 0 Å². The standard InChI is InChI=1S/C21H26N6O2/c1-14-18(9-10-21(28)24-16-7-6-8-17(11-16)29-5)15(2)27(25-14)20-12-19(26(3)4)22-13-23-20/h6-8,11-13H,9-10H2,1-5H3,(H,24,28). The van der Waals surface area contributed by atoms with Crippen LogP contribution in [0.2, 0.25) is 0 Å². The van der Waals surface area contributed by atoms with Gasteiger partial charge in [0.1, 0.15) is 17.9 Å². The lowest BCUT2D eigenvalue weighted by molar-refractivity contribution is -0.116. The maximum absolute atomic E-state index is 12.4. The monoisotopic (exact) mass is 394 g/mol. The minimum Gasteiger partial charge on any atom is -0.497 e. The fourth-order valence-corrected chi connectivity index (χ4v) is 3.12. The van der Waals surface area contributed by atoms with Gasteiger partial charge in [0.15, 0.2) is 5.82 Å². The highest BCUT2D eigenvalue weighted by Gasteiger charge is 2.16. The summed E-state index contributed by atoms with van der Waals surface area (Å²) in [7, 11) is 5.46. The first-order chi connectivity index (χ1) is 13.9. The number of anilines is 2. The summed E-state index contributed by atoms with van der Waals surface area (Å²) in [5.41, 5.74) is 3.63. The lowest BCUT2D eigenvalue weighted by atomic mass is 10.1. The highest BCUT2D eigenvalue weighted by molar-refractivity contribution is 5.91. The first-order valence-electron chi connectivity index (χ1n) is 9.37. The van der Waals surface area contributed by atoms with Gasteiger partial charge in [-0.05, 0) is 38.0 Å². The van der Waals surface area contributed by atoms with Crippen LogP contribution >= 0.6 is 0 Å². The van der Waals surface area contributed by atoms with E-state index in [1.165, 1.54) is 6.33 Å². The second-order valence-corrected chi connectivity index (χ2v) is 6.97. The van der Waals surface area contributed by atoms with E-state index in [1.54, 1.807) is 17.9 Å². The molecular formula is C21H26N6O2. The van der Waals surface area contributed by atoms with Crippen LogP contribution in [0.15, 0.2) is 36.7 Å². The van der Waals surface area contributed by atoms with Crippen LogP contribution in [-0.4, -0.2) is 46.9 Å². The fourth-order valence-electron chi connectivity index (χ4n) is 3.12. The molecule has 0 aliphatic rings. The molecule has 0 radical (unpaired) electrons. The second-order valence-electron chi connectivity index (χ2n) is 6.97. The van der Waals surface area contributed by atoms with Crippen LogP contribution < -0.4 is 15.0 Å². The van der Waals surface area contributed by atoms with Crippen molar-refractivity contribution >= 4 is 17.4 Å². The van der Waals surface area contributed by atoms with E-state index in [-0.39, 0.29) is 5.91 Å². The summed E-state index contributed by atoms with van der Waals surface area (Å²) >= 11 is 0. The van der Waals surface area contributed by atoms with Crippen LogP contribution in [-0.2, 0) is 11.2 Å². The number of benzene rings is 1. The van der Waals surface area contributed by atoms with Crippen LogP contribution in [0, 0.1) is 13.8 Å². The van der Waals surface area contributed by atoms with E-state index >= 15 is 0 Å². The van der Waals surface area contributed by atoms with Crippen LogP contribution in [0.1, 0.15) is 23.4 Å². The SMILES string of the molecule is COc1cccc(NC(=O)CCc2c(C)nn(-c3cc(N(C)C)ncn3)c2C)c1. The number of carbonyl (C=O) groups is 1. The third-order valence-electron chi connectivity index (χ3n) is 4.71. The molecule has 29 heavy (non-hydrogen) atoms. The van der Waals surface area contributed by atoms with Gasteiger partial charge in [-0.25, -0.2) is 14.6 Å². The highest BCUT2D eigenvalue weighted by atomic mass is 16.5. The molecule has 8 nitrogen and oxygen atoms in total. The quantitative estimate of drug-likeness (QED) is 0.663. The van der Waals surface area contributed by atoms with Gasteiger partial charge in [-0.15, -0.1) is 0 Å². The van der Waals surface area contributed by atoms with E-state index in [9.17, 15) is 4.79 Å². The molecule has 1 amide bonds. The Morgan fingerprint density at radius 2 is 2.00 bits per heavy atom. The van der Waals surface area contributed by atoms with Gasteiger partial charge in [0, 0.05) is 44.0 Å².